The summed E-state index contributed by atoms with van der Waals surface area (Å²) in [6.07, 6.45) is 4.96. The van der Waals surface area contributed by atoms with Gasteiger partial charge in [0, 0.05) is 23.7 Å². The summed E-state index contributed by atoms with van der Waals surface area (Å²) in [5.41, 5.74) is 0. The molecular weight excluding hydrogens is 222 g/mol. The van der Waals surface area contributed by atoms with Crippen LogP contribution in [-0.4, -0.2) is 41.4 Å². The molecule has 1 heterocycles. The Morgan fingerprint density at radius 3 is 3.09 bits per heavy atom. The lowest BCUT2D eigenvalue weighted by Crippen LogP contribution is -2.32. The van der Waals surface area contributed by atoms with E-state index in [0.29, 0.717) is 0 Å². The molecule has 1 fully saturated rings. The summed E-state index contributed by atoms with van der Waals surface area (Å²) >= 11 is 5.50. The minimum absolute atomic E-state index is 0.821. The molecule has 0 aliphatic carbocycles. The maximum absolute atomic E-state index is 3.56. The van der Waals surface area contributed by atoms with Crippen LogP contribution in [-0.2, 0) is 0 Å². The lowest BCUT2D eigenvalue weighted by atomic mass is 10.2. The Hall–Kier alpha value is 0.790. The largest absolute Gasteiger partial charge is 0.299 e. The Labute approximate surface area is 82.0 Å². The highest BCUT2D eigenvalue weighted by Crippen LogP contribution is 2.18. The van der Waals surface area contributed by atoms with Crippen LogP contribution in [0, 0.1) is 0 Å². The van der Waals surface area contributed by atoms with E-state index < -0.39 is 0 Å². The third-order valence-electron chi connectivity index (χ3n) is 2.26. The minimum Gasteiger partial charge on any atom is -0.299 e. The number of thioether (sulfide) groups is 1. The van der Waals surface area contributed by atoms with Crippen molar-refractivity contribution in [3.8, 4) is 0 Å². The minimum atomic E-state index is 0.821. The Balaban J connectivity index is 2.20. The van der Waals surface area contributed by atoms with Crippen LogP contribution in [0.15, 0.2) is 0 Å². The lowest BCUT2D eigenvalue weighted by molar-refractivity contribution is 0.291. The van der Waals surface area contributed by atoms with Crippen LogP contribution in [0.4, 0.5) is 0 Å². The van der Waals surface area contributed by atoms with Gasteiger partial charge in [0.25, 0.3) is 0 Å². The van der Waals surface area contributed by atoms with Gasteiger partial charge in [-0.3, -0.25) is 4.90 Å². The molecule has 1 aliphatic heterocycles. The van der Waals surface area contributed by atoms with Crippen LogP contribution in [0.3, 0.4) is 0 Å². The quantitative estimate of drug-likeness (QED) is 0.691. The molecule has 1 aliphatic rings. The van der Waals surface area contributed by atoms with Crippen LogP contribution in [0.5, 0.6) is 0 Å². The van der Waals surface area contributed by atoms with Crippen molar-refractivity contribution in [1.29, 1.82) is 0 Å². The first-order valence-electron chi connectivity index (χ1n) is 4.17. The number of rotatable bonds is 4. The van der Waals surface area contributed by atoms with Crippen molar-refractivity contribution < 1.29 is 0 Å². The third kappa shape index (κ3) is 2.96. The zero-order chi connectivity index (χ0) is 8.10. The molecule has 66 valence electrons. The summed E-state index contributed by atoms with van der Waals surface area (Å²) in [7, 11) is 0. The summed E-state index contributed by atoms with van der Waals surface area (Å²) in [4.78, 5) is 2.60. The molecule has 0 aromatic heterocycles. The second-order valence-corrected chi connectivity index (χ2v) is 4.61. The van der Waals surface area contributed by atoms with Gasteiger partial charge in [-0.15, -0.1) is 0 Å². The molecule has 3 heteroatoms. The van der Waals surface area contributed by atoms with E-state index in [9.17, 15) is 0 Å². The van der Waals surface area contributed by atoms with Crippen molar-refractivity contribution in [1.82, 2.24) is 4.90 Å². The van der Waals surface area contributed by atoms with E-state index in [0.717, 1.165) is 11.4 Å². The Morgan fingerprint density at radius 2 is 2.45 bits per heavy atom. The van der Waals surface area contributed by atoms with Crippen molar-refractivity contribution in [2.24, 2.45) is 0 Å². The van der Waals surface area contributed by atoms with Gasteiger partial charge in [0.1, 0.15) is 0 Å². The fraction of sp³-hybridized carbons (Fsp3) is 1.00. The zero-order valence-corrected chi connectivity index (χ0v) is 9.46. The van der Waals surface area contributed by atoms with E-state index in [-0.39, 0.29) is 0 Å². The first-order chi connectivity index (χ1) is 5.38. The number of hydrogen-bond acceptors (Lipinski definition) is 2. The van der Waals surface area contributed by atoms with Crippen LogP contribution in [0.1, 0.15) is 12.8 Å². The van der Waals surface area contributed by atoms with E-state index >= 15 is 0 Å². The molecule has 0 bridgehead atoms. The molecule has 0 spiro atoms. The number of alkyl halides is 1. The number of likely N-dealkylation sites (tertiary alicyclic amines) is 1. The van der Waals surface area contributed by atoms with Gasteiger partial charge in [-0.1, -0.05) is 15.9 Å². The first-order valence-corrected chi connectivity index (χ1v) is 6.69. The van der Waals surface area contributed by atoms with Crippen LogP contribution >= 0.6 is 27.7 Å². The molecule has 0 aromatic carbocycles. The van der Waals surface area contributed by atoms with Gasteiger partial charge in [-0.05, 0) is 25.6 Å². The number of hydrogen-bond donors (Lipinski definition) is 0. The summed E-state index contributed by atoms with van der Waals surface area (Å²) < 4.78 is 0. The molecule has 1 unspecified atom stereocenters. The van der Waals surface area contributed by atoms with Gasteiger partial charge < -0.3 is 0 Å². The van der Waals surface area contributed by atoms with Crippen LogP contribution in [0.2, 0.25) is 0 Å². The maximum Gasteiger partial charge on any atom is 0.0193 e. The van der Waals surface area contributed by atoms with E-state index in [2.05, 4.69) is 27.1 Å². The molecule has 1 atom stereocenters. The molecule has 0 amide bonds. The highest BCUT2D eigenvalue weighted by molar-refractivity contribution is 9.09. The van der Waals surface area contributed by atoms with E-state index in [1.54, 1.807) is 0 Å². The predicted molar refractivity (Wildman–Crippen MR) is 56.8 cm³/mol. The number of nitrogens with zero attached hydrogens (tertiary/aromatic N) is 1. The van der Waals surface area contributed by atoms with Gasteiger partial charge in [0.05, 0.1) is 0 Å². The highest BCUT2D eigenvalue weighted by atomic mass is 79.9. The summed E-state index contributed by atoms with van der Waals surface area (Å²) in [5.74, 6) is 1.28. The first kappa shape index (κ1) is 9.87. The van der Waals surface area contributed by atoms with Gasteiger partial charge >= 0.3 is 0 Å². The second-order valence-electron chi connectivity index (χ2n) is 2.98. The van der Waals surface area contributed by atoms with Crippen molar-refractivity contribution >= 4 is 27.7 Å². The molecule has 1 saturated heterocycles. The Bertz CT molecular complexity index is 110. The smallest absolute Gasteiger partial charge is 0.0193 e. The molecule has 0 saturated carbocycles. The predicted octanol–water partition coefficient (Wildman–Crippen LogP) is 2.21. The van der Waals surface area contributed by atoms with Crippen molar-refractivity contribution in [3.63, 3.8) is 0 Å². The average Bonchev–Trinajstić information content (AvgIpc) is 2.47. The van der Waals surface area contributed by atoms with Gasteiger partial charge in [-0.2, -0.15) is 11.8 Å². The molecule has 0 radical (unpaired) electrons. The van der Waals surface area contributed by atoms with E-state index in [1.165, 1.54) is 31.7 Å². The van der Waals surface area contributed by atoms with E-state index in [4.69, 9.17) is 0 Å². The molecule has 1 rings (SSSR count). The fourth-order valence-corrected chi connectivity index (χ4v) is 2.72. The van der Waals surface area contributed by atoms with Gasteiger partial charge in [0.2, 0.25) is 0 Å². The van der Waals surface area contributed by atoms with Crippen molar-refractivity contribution in [2.45, 2.75) is 18.9 Å². The summed E-state index contributed by atoms with van der Waals surface area (Å²) in [6.45, 7) is 2.59. The second kappa shape index (κ2) is 5.44. The SMILES string of the molecule is CSCCN1CCCC1CBr. The molecule has 11 heavy (non-hydrogen) atoms. The van der Waals surface area contributed by atoms with Gasteiger partial charge in [-0.25, -0.2) is 0 Å². The topological polar surface area (TPSA) is 3.24 Å². The average molecular weight is 238 g/mol. The highest BCUT2D eigenvalue weighted by Gasteiger charge is 2.22. The summed E-state index contributed by atoms with van der Waals surface area (Å²) in [6, 6.07) is 0.821. The standard InChI is InChI=1S/C8H16BrNS/c1-11-6-5-10-4-2-3-8(10)7-9/h8H,2-7H2,1H3. The lowest BCUT2D eigenvalue weighted by Gasteiger charge is -2.21. The molecule has 0 N–H and O–H groups in total. The summed E-state index contributed by atoms with van der Waals surface area (Å²) in [5, 5.41) is 1.15. The number of halogens is 1. The fourth-order valence-electron chi connectivity index (χ4n) is 1.57. The monoisotopic (exact) mass is 237 g/mol. The Morgan fingerprint density at radius 1 is 1.64 bits per heavy atom. The molecular formula is C8H16BrNS. The zero-order valence-electron chi connectivity index (χ0n) is 7.05. The van der Waals surface area contributed by atoms with Gasteiger partial charge in [0.15, 0.2) is 0 Å². The normalized spacial score (nSPS) is 26.2. The molecule has 1 nitrogen and oxygen atoms in total. The van der Waals surface area contributed by atoms with Crippen molar-refractivity contribution in [3.05, 3.63) is 0 Å². The van der Waals surface area contributed by atoms with Crippen LogP contribution < -0.4 is 0 Å². The van der Waals surface area contributed by atoms with Crippen LogP contribution in [0.25, 0.3) is 0 Å². The molecule has 0 aromatic rings. The maximum atomic E-state index is 3.56. The Kier molecular flexibility index (Phi) is 4.88. The third-order valence-corrected chi connectivity index (χ3v) is 3.60. The van der Waals surface area contributed by atoms with E-state index in [1.807, 2.05) is 11.8 Å². The van der Waals surface area contributed by atoms with Crippen molar-refractivity contribution in [2.75, 3.05) is 30.4 Å².